The largest absolute Gasteiger partial charge is 0.370 e. The van der Waals surface area contributed by atoms with Gasteiger partial charge in [-0.2, -0.15) is 11.8 Å². The van der Waals surface area contributed by atoms with Crippen molar-refractivity contribution in [3.05, 3.63) is 30.6 Å². The minimum Gasteiger partial charge on any atom is -0.370 e. The van der Waals surface area contributed by atoms with Crippen LogP contribution in [0.5, 0.6) is 0 Å². The van der Waals surface area contributed by atoms with Crippen molar-refractivity contribution < 1.29 is 0 Å². The zero-order valence-electron chi connectivity index (χ0n) is 11.4. The minimum atomic E-state index is 0.418. The van der Waals surface area contributed by atoms with Crippen LogP contribution in [0.4, 0.5) is 5.82 Å². The number of aromatic nitrogens is 2. The molecule has 0 radical (unpaired) electrons. The van der Waals surface area contributed by atoms with E-state index in [1.165, 1.54) is 32.1 Å². The second-order valence-corrected chi connectivity index (χ2v) is 6.64. The Morgan fingerprint density at radius 3 is 2.95 bits per heavy atom. The lowest BCUT2D eigenvalue weighted by Crippen LogP contribution is -2.35. The van der Waals surface area contributed by atoms with Gasteiger partial charge >= 0.3 is 0 Å². The first-order valence-corrected chi connectivity index (χ1v) is 8.27. The van der Waals surface area contributed by atoms with Gasteiger partial charge in [0, 0.05) is 23.7 Å². The molecule has 0 amide bonds. The van der Waals surface area contributed by atoms with Gasteiger partial charge in [0.05, 0.1) is 0 Å². The third kappa shape index (κ3) is 2.59. The van der Waals surface area contributed by atoms with E-state index in [2.05, 4.69) is 33.1 Å². The quantitative estimate of drug-likeness (QED) is 0.920. The smallest absolute Gasteiger partial charge is 0.138 e. The average Bonchev–Trinajstić information content (AvgIpc) is 2.95. The molecular formula is C15H21N3S. The van der Waals surface area contributed by atoms with Gasteiger partial charge < -0.3 is 5.32 Å². The van der Waals surface area contributed by atoms with Crippen LogP contribution >= 0.6 is 11.8 Å². The Balaban J connectivity index is 1.76. The van der Waals surface area contributed by atoms with Crippen molar-refractivity contribution in [2.45, 2.75) is 36.9 Å². The number of hydrogen-bond acceptors (Lipinski definition) is 3. The van der Waals surface area contributed by atoms with E-state index < -0.39 is 0 Å². The van der Waals surface area contributed by atoms with Crippen molar-refractivity contribution >= 4 is 23.2 Å². The van der Waals surface area contributed by atoms with Gasteiger partial charge in [-0.05, 0) is 31.2 Å². The van der Waals surface area contributed by atoms with E-state index in [0.717, 1.165) is 18.0 Å². The zero-order valence-corrected chi connectivity index (χ0v) is 12.2. The SMILES string of the molecule is CSC1(CNc2cccc3nccn23)CCCCC1. The lowest BCUT2D eigenvalue weighted by atomic mass is 9.88. The van der Waals surface area contributed by atoms with Gasteiger partial charge in [-0.3, -0.25) is 4.40 Å². The lowest BCUT2D eigenvalue weighted by Gasteiger charge is -2.36. The molecule has 0 bridgehead atoms. The molecule has 1 aliphatic carbocycles. The monoisotopic (exact) mass is 275 g/mol. The highest BCUT2D eigenvalue weighted by Gasteiger charge is 2.30. The second kappa shape index (κ2) is 5.45. The van der Waals surface area contributed by atoms with Crippen molar-refractivity contribution in [2.75, 3.05) is 18.1 Å². The summed E-state index contributed by atoms with van der Waals surface area (Å²) < 4.78 is 2.54. The predicted molar refractivity (Wildman–Crippen MR) is 83.0 cm³/mol. The molecule has 1 fully saturated rings. The van der Waals surface area contributed by atoms with Crippen LogP contribution in [0.1, 0.15) is 32.1 Å². The summed E-state index contributed by atoms with van der Waals surface area (Å²) in [5.41, 5.74) is 1.01. The van der Waals surface area contributed by atoms with Gasteiger partial charge in [-0.25, -0.2) is 4.98 Å². The van der Waals surface area contributed by atoms with E-state index in [0.29, 0.717) is 4.75 Å². The number of rotatable bonds is 4. The van der Waals surface area contributed by atoms with Gasteiger partial charge in [-0.15, -0.1) is 0 Å². The standard InChI is InChI=1S/C15H21N3S/c1-19-15(8-3-2-4-9-15)12-17-14-7-5-6-13-16-10-11-18(13)14/h5-7,10-11,17H,2-4,8-9,12H2,1H3. The number of fused-ring (bicyclic) bond motifs is 1. The fourth-order valence-electron chi connectivity index (χ4n) is 2.99. The molecule has 3 nitrogen and oxygen atoms in total. The number of nitrogens with zero attached hydrogens (tertiary/aromatic N) is 2. The molecule has 0 aliphatic heterocycles. The summed E-state index contributed by atoms with van der Waals surface area (Å²) in [5.74, 6) is 1.15. The fourth-order valence-corrected chi connectivity index (χ4v) is 3.91. The molecule has 1 saturated carbocycles. The maximum Gasteiger partial charge on any atom is 0.138 e. The highest BCUT2D eigenvalue weighted by atomic mass is 32.2. The number of imidazole rings is 1. The van der Waals surface area contributed by atoms with Crippen molar-refractivity contribution in [3.8, 4) is 0 Å². The molecular weight excluding hydrogens is 254 g/mol. The third-order valence-corrected chi connectivity index (χ3v) is 5.64. The van der Waals surface area contributed by atoms with Gasteiger partial charge in [0.1, 0.15) is 11.5 Å². The van der Waals surface area contributed by atoms with E-state index in [1.54, 1.807) is 0 Å². The van der Waals surface area contributed by atoms with E-state index >= 15 is 0 Å². The van der Waals surface area contributed by atoms with Crippen molar-refractivity contribution in [2.24, 2.45) is 0 Å². The van der Waals surface area contributed by atoms with Gasteiger partial charge in [-0.1, -0.05) is 25.3 Å². The number of thioether (sulfide) groups is 1. The molecule has 2 aromatic heterocycles. The van der Waals surface area contributed by atoms with Crippen LogP contribution in [0.15, 0.2) is 30.6 Å². The molecule has 2 heterocycles. The second-order valence-electron chi connectivity index (χ2n) is 5.37. The Morgan fingerprint density at radius 2 is 2.16 bits per heavy atom. The first kappa shape index (κ1) is 12.9. The highest BCUT2D eigenvalue weighted by Crippen LogP contribution is 2.38. The molecule has 0 saturated heterocycles. The van der Waals surface area contributed by atoms with Crippen LogP contribution in [0.3, 0.4) is 0 Å². The fraction of sp³-hybridized carbons (Fsp3) is 0.533. The maximum absolute atomic E-state index is 4.33. The lowest BCUT2D eigenvalue weighted by molar-refractivity contribution is 0.411. The highest BCUT2D eigenvalue weighted by molar-refractivity contribution is 8.00. The van der Waals surface area contributed by atoms with Crippen molar-refractivity contribution in [1.82, 2.24) is 9.38 Å². The Kier molecular flexibility index (Phi) is 3.69. The summed E-state index contributed by atoms with van der Waals surface area (Å²) in [6.45, 7) is 1.05. The Hall–Kier alpha value is -1.16. The van der Waals surface area contributed by atoms with Crippen LogP contribution in [0.25, 0.3) is 5.65 Å². The van der Waals surface area contributed by atoms with Gasteiger partial charge in [0.25, 0.3) is 0 Å². The van der Waals surface area contributed by atoms with Crippen LogP contribution < -0.4 is 5.32 Å². The summed E-state index contributed by atoms with van der Waals surface area (Å²) >= 11 is 2.03. The van der Waals surface area contributed by atoms with Crippen LogP contribution in [0.2, 0.25) is 0 Å². The maximum atomic E-state index is 4.33. The molecule has 0 aromatic carbocycles. The zero-order chi connectivity index (χ0) is 13.1. The van der Waals surface area contributed by atoms with E-state index in [-0.39, 0.29) is 0 Å². The Morgan fingerprint density at radius 1 is 1.32 bits per heavy atom. The molecule has 19 heavy (non-hydrogen) atoms. The van der Waals surface area contributed by atoms with Gasteiger partial charge in [0.2, 0.25) is 0 Å². The number of hydrogen-bond donors (Lipinski definition) is 1. The topological polar surface area (TPSA) is 29.3 Å². The molecule has 0 unspecified atom stereocenters. The third-order valence-electron chi connectivity index (χ3n) is 4.22. The molecule has 102 valence electrons. The summed E-state index contributed by atoms with van der Waals surface area (Å²) in [7, 11) is 0. The molecule has 0 spiro atoms. The van der Waals surface area contributed by atoms with E-state index in [1.807, 2.05) is 30.2 Å². The summed E-state index contributed by atoms with van der Waals surface area (Å²) in [4.78, 5) is 4.33. The first-order chi connectivity index (χ1) is 9.33. The summed E-state index contributed by atoms with van der Waals surface area (Å²) in [6.07, 6.45) is 12.9. The predicted octanol–water partition coefficient (Wildman–Crippen LogP) is 3.81. The molecule has 0 atom stereocenters. The molecule has 1 N–H and O–H groups in total. The molecule has 4 heteroatoms. The first-order valence-electron chi connectivity index (χ1n) is 7.04. The van der Waals surface area contributed by atoms with Crippen molar-refractivity contribution in [1.29, 1.82) is 0 Å². The Labute approximate surface area is 118 Å². The van der Waals surface area contributed by atoms with Crippen molar-refractivity contribution in [3.63, 3.8) is 0 Å². The summed E-state index contributed by atoms with van der Waals surface area (Å²) in [6, 6.07) is 6.24. The molecule has 1 aliphatic rings. The van der Waals surface area contributed by atoms with Gasteiger partial charge in [0.15, 0.2) is 0 Å². The Bertz CT molecular complexity index is 543. The average molecular weight is 275 g/mol. The number of pyridine rings is 1. The number of anilines is 1. The van der Waals surface area contributed by atoms with Crippen LogP contribution in [-0.2, 0) is 0 Å². The minimum absolute atomic E-state index is 0.418. The van der Waals surface area contributed by atoms with E-state index in [9.17, 15) is 0 Å². The van der Waals surface area contributed by atoms with Crippen LogP contribution in [-0.4, -0.2) is 26.9 Å². The molecule has 2 aromatic rings. The summed E-state index contributed by atoms with van der Waals surface area (Å²) in [5, 5.41) is 3.64. The number of nitrogens with one attached hydrogen (secondary N) is 1. The van der Waals surface area contributed by atoms with Crippen LogP contribution in [0, 0.1) is 0 Å². The van der Waals surface area contributed by atoms with E-state index in [4.69, 9.17) is 0 Å². The normalized spacial score (nSPS) is 18.6. The molecule has 3 rings (SSSR count).